The smallest absolute Gasteiger partial charge is 0.219 e. The monoisotopic (exact) mass is 380 g/mol. The zero-order valence-electron chi connectivity index (χ0n) is 15.5. The van der Waals surface area contributed by atoms with Crippen LogP contribution in [0.3, 0.4) is 0 Å². The van der Waals surface area contributed by atoms with Gasteiger partial charge in [0.15, 0.2) is 25.0 Å². The molecule has 0 aromatic rings. The minimum Gasteiger partial charge on any atom is -0.416 e. The third-order valence-corrected chi connectivity index (χ3v) is 6.96. The van der Waals surface area contributed by atoms with Crippen LogP contribution in [0.2, 0.25) is 58.9 Å². The fourth-order valence-electron chi connectivity index (χ4n) is 2.12. The van der Waals surface area contributed by atoms with Crippen molar-refractivity contribution in [1.82, 2.24) is 0 Å². The highest BCUT2D eigenvalue weighted by molar-refractivity contribution is 8.14. The average molecular weight is 381 g/mol. The lowest BCUT2D eigenvalue weighted by Crippen LogP contribution is -2.48. The van der Waals surface area contributed by atoms with Gasteiger partial charge >= 0.3 is 0 Å². The average Bonchev–Trinajstić information content (AvgIpc) is 2.49. The van der Waals surface area contributed by atoms with Gasteiger partial charge in [-0.3, -0.25) is 4.79 Å². The Labute approximate surface area is 143 Å². The van der Waals surface area contributed by atoms with E-state index < -0.39 is 31.1 Å². The zero-order valence-corrected chi connectivity index (χ0v) is 19.3. The van der Waals surface area contributed by atoms with Crippen LogP contribution in [0.1, 0.15) is 0 Å². The zero-order chi connectivity index (χ0) is 17.3. The number of thioether (sulfide) groups is 1. The van der Waals surface area contributed by atoms with E-state index >= 15 is 0 Å². The Morgan fingerprint density at radius 3 is 1.77 bits per heavy atom. The molecule has 8 heteroatoms. The predicted octanol–water partition coefficient (Wildman–Crippen LogP) is 3.92. The molecule has 1 heterocycles. The molecule has 22 heavy (non-hydrogen) atoms. The van der Waals surface area contributed by atoms with E-state index in [1.54, 1.807) is 0 Å². The van der Waals surface area contributed by atoms with Crippen LogP contribution in [0, 0.1) is 0 Å². The molecule has 0 aromatic heterocycles. The Morgan fingerprint density at radius 1 is 0.864 bits per heavy atom. The number of carbonyl (C=O) groups excluding carboxylic acids is 1. The van der Waals surface area contributed by atoms with Gasteiger partial charge in [-0.05, 0) is 58.9 Å². The molecule has 0 unspecified atom stereocenters. The Morgan fingerprint density at radius 2 is 1.36 bits per heavy atom. The lowest BCUT2D eigenvalue weighted by Gasteiger charge is -2.33. The Bertz CT molecular complexity index is 398. The van der Waals surface area contributed by atoms with Crippen LogP contribution in [0.25, 0.3) is 0 Å². The second-order valence-corrected chi connectivity index (χ2v) is 23.4. The lowest BCUT2D eigenvalue weighted by atomic mass is 10.2. The van der Waals surface area contributed by atoms with Gasteiger partial charge in [0.2, 0.25) is 5.12 Å². The molecule has 3 atom stereocenters. The molecule has 1 fully saturated rings. The summed E-state index contributed by atoms with van der Waals surface area (Å²) in [5.41, 5.74) is 0. The summed E-state index contributed by atoms with van der Waals surface area (Å²) in [6, 6.07) is 0. The van der Waals surface area contributed by atoms with Crippen molar-refractivity contribution in [3.05, 3.63) is 0 Å². The van der Waals surface area contributed by atoms with Crippen molar-refractivity contribution in [2.75, 3.05) is 6.61 Å². The van der Waals surface area contributed by atoms with E-state index in [0.29, 0.717) is 6.61 Å². The fourth-order valence-corrected chi connectivity index (χ4v) is 6.29. The summed E-state index contributed by atoms with van der Waals surface area (Å²) < 4.78 is 18.5. The fraction of sp³-hybridized carbons (Fsp3) is 0.929. The van der Waals surface area contributed by atoms with Crippen molar-refractivity contribution in [1.29, 1.82) is 0 Å². The van der Waals surface area contributed by atoms with Gasteiger partial charge in [0.05, 0.1) is 11.4 Å². The summed E-state index contributed by atoms with van der Waals surface area (Å²) in [7, 11) is -5.17. The lowest BCUT2D eigenvalue weighted by molar-refractivity contribution is -0.120. The standard InChI is InChI=1S/C14H32O4SSi3/c1-20(2,3)16-10-11-12(17-21(4,5)6)13(14(15)19-11)18-22(7,8)9/h11-13H,10H2,1-9H3/t11-,12-,13-/m1/s1. The molecule has 1 rings (SSSR count). The molecular weight excluding hydrogens is 348 g/mol. The number of hydrogen-bond donors (Lipinski definition) is 0. The van der Waals surface area contributed by atoms with E-state index in [-0.39, 0.29) is 16.5 Å². The largest absolute Gasteiger partial charge is 0.416 e. The highest BCUT2D eigenvalue weighted by Gasteiger charge is 2.48. The van der Waals surface area contributed by atoms with Crippen molar-refractivity contribution < 1.29 is 18.1 Å². The molecule has 1 aliphatic rings. The van der Waals surface area contributed by atoms with E-state index in [1.165, 1.54) is 11.8 Å². The molecule has 1 saturated heterocycles. The molecule has 0 spiro atoms. The van der Waals surface area contributed by atoms with Gasteiger partial charge < -0.3 is 13.3 Å². The number of rotatable bonds is 7. The van der Waals surface area contributed by atoms with Crippen LogP contribution in [0.4, 0.5) is 0 Å². The quantitative estimate of drug-likeness (QED) is 0.626. The van der Waals surface area contributed by atoms with Crippen LogP contribution >= 0.6 is 11.8 Å². The minimum absolute atomic E-state index is 0.0484. The van der Waals surface area contributed by atoms with Crippen LogP contribution in [-0.4, -0.2) is 54.1 Å². The van der Waals surface area contributed by atoms with Crippen molar-refractivity contribution >= 4 is 41.8 Å². The van der Waals surface area contributed by atoms with Gasteiger partial charge in [0.25, 0.3) is 0 Å². The molecule has 1 aliphatic heterocycles. The molecule has 0 aromatic carbocycles. The maximum Gasteiger partial charge on any atom is 0.219 e. The van der Waals surface area contributed by atoms with Gasteiger partial charge in [-0.1, -0.05) is 11.8 Å². The van der Waals surface area contributed by atoms with Gasteiger partial charge in [0.1, 0.15) is 6.10 Å². The SMILES string of the molecule is C[Si](C)(C)OC[C@H]1SC(=O)[C@H](O[Si](C)(C)C)[C@@H]1O[Si](C)(C)C. The molecule has 4 nitrogen and oxygen atoms in total. The van der Waals surface area contributed by atoms with Crippen molar-refractivity contribution in [3.8, 4) is 0 Å². The van der Waals surface area contributed by atoms with E-state index in [2.05, 4.69) is 58.9 Å². The summed E-state index contributed by atoms with van der Waals surface area (Å²) in [6.45, 7) is 19.9. The molecule has 0 radical (unpaired) electrons. The van der Waals surface area contributed by atoms with Crippen molar-refractivity contribution in [2.24, 2.45) is 0 Å². The second-order valence-electron chi connectivity index (χ2n) is 8.74. The molecule has 130 valence electrons. The normalized spacial score (nSPS) is 27.5. The van der Waals surface area contributed by atoms with Gasteiger partial charge in [-0.2, -0.15) is 0 Å². The molecule has 0 saturated carbocycles. The Hall–Kier alpha value is 0.551. The maximum absolute atomic E-state index is 12.4. The van der Waals surface area contributed by atoms with Gasteiger partial charge in [-0.15, -0.1) is 0 Å². The van der Waals surface area contributed by atoms with Gasteiger partial charge in [-0.25, -0.2) is 0 Å². The molecule has 0 aliphatic carbocycles. The maximum atomic E-state index is 12.4. The van der Waals surface area contributed by atoms with Crippen molar-refractivity contribution in [2.45, 2.75) is 76.4 Å². The minimum atomic E-state index is -1.80. The number of carbonyl (C=O) groups is 1. The molecule has 0 amide bonds. The molecule has 0 bridgehead atoms. The third-order valence-electron chi connectivity index (χ3n) is 2.82. The summed E-state index contributed by atoms with van der Waals surface area (Å²) in [5, 5.41) is 0.155. The predicted molar refractivity (Wildman–Crippen MR) is 102 cm³/mol. The summed E-state index contributed by atoms with van der Waals surface area (Å²) in [5.74, 6) is 0. The number of hydrogen-bond acceptors (Lipinski definition) is 5. The first-order chi connectivity index (χ1) is 9.68. The summed E-state index contributed by atoms with van der Waals surface area (Å²) >= 11 is 1.36. The summed E-state index contributed by atoms with van der Waals surface area (Å²) in [4.78, 5) is 12.4. The van der Waals surface area contributed by atoms with Crippen LogP contribution in [0.15, 0.2) is 0 Å². The summed E-state index contributed by atoms with van der Waals surface area (Å²) in [6.07, 6.45) is -0.606. The van der Waals surface area contributed by atoms with E-state index in [0.717, 1.165) is 0 Å². The first kappa shape index (κ1) is 20.6. The van der Waals surface area contributed by atoms with E-state index in [1.807, 2.05) is 0 Å². The Kier molecular flexibility index (Phi) is 6.74. The van der Waals surface area contributed by atoms with E-state index in [9.17, 15) is 4.79 Å². The molecular formula is C14H32O4SSi3. The third kappa shape index (κ3) is 7.41. The van der Waals surface area contributed by atoms with Crippen molar-refractivity contribution in [3.63, 3.8) is 0 Å². The highest BCUT2D eigenvalue weighted by Crippen LogP contribution is 2.36. The van der Waals surface area contributed by atoms with E-state index in [4.69, 9.17) is 13.3 Å². The van der Waals surface area contributed by atoms with Gasteiger partial charge in [0, 0.05) is 6.61 Å². The highest BCUT2D eigenvalue weighted by atomic mass is 32.2. The first-order valence-electron chi connectivity index (χ1n) is 7.88. The Balaban J connectivity index is 2.89. The van der Waals surface area contributed by atoms with Crippen LogP contribution < -0.4 is 0 Å². The molecule has 0 N–H and O–H groups in total. The van der Waals surface area contributed by atoms with Crippen LogP contribution in [-0.2, 0) is 18.1 Å². The topological polar surface area (TPSA) is 44.8 Å². The first-order valence-corrected chi connectivity index (χ1v) is 19.0. The van der Waals surface area contributed by atoms with Crippen LogP contribution in [0.5, 0.6) is 0 Å². The second kappa shape index (κ2) is 7.20.